The van der Waals surface area contributed by atoms with Gasteiger partial charge in [0.1, 0.15) is 5.75 Å². The molecule has 2 nitrogen and oxygen atoms in total. The Balaban J connectivity index is 2.50. The average Bonchev–Trinajstić information content (AvgIpc) is 2.17. The Kier molecular flexibility index (Phi) is 2.60. The van der Waals surface area contributed by atoms with Gasteiger partial charge in [0, 0.05) is 5.54 Å². The van der Waals surface area contributed by atoms with Crippen LogP contribution < -0.4 is 5.73 Å². The van der Waals surface area contributed by atoms with Crippen LogP contribution in [0.5, 0.6) is 5.75 Å². The highest BCUT2D eigenvalue weighted by molar-refractivity contribution is 5.84. The van der Waals surface area contributed by atoms with Gasteiger partial charge in [-0.05, 0) is 48.7 Å². The molecule has 2 rings (SSSR count). The monoisotopic (exact) mass is 215 g/mol. The van der Waals surface area contributed by atoms with Crippen molar-refractivity contribution in [2.45, 2.75) is 25.8 Å². The highest BCUT2D eigenvalue weighted by atomic mass is 16.3. The second-order valence-electron chi connectivity index (χ2n) is 4.99. The van der Waals surface area contributed by atoms with Crippen LogP contribution in [0.3, 0.4) is 0 Å². The molecular weight excluding hydrogens is 198 g/mol. The predicted molar refractivity (Wildman–Crippen MR) is 67.6 cm³/mol. The van der Waals surface area contributed by atoms with Crippen LogP contribution in [0.25, 0.3) is 10.8 Å². The standard InChI is InChI=1S/C14H17NO/c1-14(2,15)9-12-7-10-5-3-4-6-11(10)8-13(12)16/h3-8,16H,9,15H2,1-2H3. The second kappa shape index (κ2) is 3.80. The van der Waals surface area contributed by atoms with E-state index in [-0.39, 0.29) is 5.54 Å². The van der Waals surface area contributed by atoms with Crippen molar-refractivity contribution < 1.29 is 5.11 Å². The summed E-state index contributed by atoms with van der Waals surface area (Å²) in [6.07, 6.45) is 0.670. The first-order valence-electron chi connectivity index (χ1n) is 5.45. The van der Waals surface area contributed by atoms with Crippen molar-refractivity contribution in [3.63, 3.8) is 0 Å². The Hall–Kier alpha value is -1.54. The summed E-state index contributed by atoms with van der Waals surface area (Å²) in [4.78, 5) is 0. The molecule has 0 aromatic heterocycles. The van der Waals surface area contributed by atoms with E-state index in [1.807, 2.05) is 44.2 Å². The zero-order chi connectivity index (χ0) is 11.8. The van der Waals surface area contributed by atoms with E-state index in [0.717, 1.165) is 16.3 Å². The number of phenols is 1. The SMILES string of the molecule is CC(C)(N)Cc1cc2ccccc2cc1O. The van der Waals surface area contributed by atoms with Crippen LogP contribution in [0, 0.1) is 0 Å². The van der Waals surface area contributed by atoms with Crippen LogP contribution in [0.1, 0.15) is 19.4 Å². The van der Waals surface area contributed by atoms with Gasteiger partial charge in [0.25, 0.3) is 0 Å². The Morgan fingerprint density at radius 3 is 2.25 bits per heavy atom. The molecule has 0 bridgehead atoms. The molecule has 0 atom stereocenters. The topological polar surface area (TPSA) is 46.2 Å². The summed E-state index contributed by atoms with van der Waals surface area (Å²) in [6.45, 7) is 3.92. The van der Waals surface area contributed by atoms with Gasteiger partial charge in [-0.25, -0.2) is 0 Å². The van der Waals surface area contributed by atoms with E-state index in [0.29, 0.717) is 12.2 Å². The first kappa shape index (κ1) is 11.0. The number of phenolic OH excluding ortho intramolecular Hbond substituents is 1. The number of benzene rings is 2. The smallest absolute Gasteiger partial charge is 0.119 e. The molecule has 0 heterocycles. The van der Waals surface area contributed by atoms with Crippen molar-refractivity contribution in [3.8, 4) is 5.75 Å². The molecule has 0 saturated carbocycles. The van der Waals surface area contributed by atoms with Gasteiger partial charge in [-0.15, -0.1) is 0 Å². The largest absolute Gasteiger partial charge is 0.508 e. The number of aromatic hydroxyl groups is 1. The molecule has 2 heteroatoms. The van der Waals surface area contributed by atoms with Crippen molar-refractivity contribution in [2.75, 3.05) is 0 Å². The molecule has 0 unspecified atom stereocenters. The lowest BCUT2D eigenvalue weighted by atomic mass is 9.94. The zero-order valence-corrected chi connectivity index (χ0v) is 9.70. The van der Waals surface area contributed by atoms with Crippen molar-refractivity contribution in [3.05, 3.63) is 42.0 Å². The molecule has 3 N–H and O–H groups in total. The van der Waals surface area contributed by atoms with Gasteiger partial charge in [0.15, 0.2) is 0 Å². The molecule has 0 saturated heterocycles. The summed E-state index contributed by atoms with van der Waals surface area (Å²) in [6, 6.07) is 11.8. The molecule has 0 spiro atoms. The Bertz CT molecular complexity index is 512. The number of fused-ring (bicyclic) bond motifs is 1. The highest BCUT2D eigenvalue weighted by Gasteiger charge is 2.14. The highest BCUT2D eigenvalue weighted by Crippen LogP contribution is 2.27. The van der Waals surface area contributed by atoms with E-state index < -0.39 is 0 Å². The van der Waals surface area contributed by atoms with Crippen LogP contribution >= 0.6 is 0 Å². The number of rotatable bonds is 2. The van der Waals surface area contributed by atoms with Crippen molar-refractivity contribution in [1.29, 1.82) is 0 Å². The molecule has 16 heavy (non-hydrogen) atoms. The molecule has 84 valence electrons. The fourth-order valence-corrected chi connectivity index (χ4v) is 1.91. The fourth-order valence-electron chi connectivity index (χ4n) is 1.91. The summed E-state index contributed by atoms with van der Waals surface area (Å²) in [7, 11) is 0. The maximum atomic E-state index is 9.92. The van der Waals surface area contributed by atoms with E-state index in [1.54, 1.807) is 6.07 Å². The van der Waals surface area contributed by atoms with Crippen LogP contribution in [-0.4, -0.2) is 10.6 Å². The zero-order valence-electron chi connectivity index (χ0n) is 9.70. The maximum Gasteiger partial charge on any atom is 0.119 e. The van der Waals surface area contributed by atoms with Crippen LogP contribution in [0.4, 0.5) is 0 Å². The first-order chi connectivity index (χ1) is 7.46. The maximum absolute atomic E-state index is 9.92. The van der Waals surface area contributed by atoms with Crippen molar-refractivity contribution >= 4 is 10.8 Å². The Morgan fingerprint density at radius 2 is 1.69 bits per heavy atom. The number of hydrogen-bond donors (Lipinski definition) is 2. The van der Waals surface area contributed by atoms with Gasteiger partial charge in [0.2, 0.25) is 0 Å². The molecule has 0 aliphatic carbocycles. The third-order valence-electron chi connectivity index (χ3n) is 2.59. The minimum Gasteiger partial charge on any atom is -0.508 e. The van der Waals surface area contributed by atoms with Crippen molar-refractivity contribution in [1.82, 2.24) is 0 Å². The lowest BCUT2D eigenvalue weighted by molar-refractivity contribution is 0.451. The molecule has 2 aromatic carbocycles. The molecule has 0 radical (unpaired) electrons. The lowest BCUT2D eigenvalue weighted by Crippen LogP contribution is -2.34. The van der Waals surface area contributed by atoms with Crippen LogP contribution in [0.2, 0.25) is 0 Å². The fraction of sp³-hybridized carbons (Fsp3) is 0.286. The second-order valence-corrected chi connectivity index (χ2v) is 4.99. The first-order valence-corrected chi connectivity index (χ1v) is 5.45. The predicted octanol–water partition coefficient (Wildman–Crippen LogP) is 2.83. The van der Waals surface area contributed by atoms with E-state index in [9.17, 15) is 5.11 Å². The summed E-state index contributed by atoms with van der Waals surface area (Å²) in [5.74, 6) is 0.331. The third-order valence-corrected chi connectivity index (χ3v) is 2.59. The van der Waals surface area contributed by atoms with E-state index in [2.05, 4.69) is 0 Å². The van der Waals surface area contributed by atoms with Crippen LogP contribution in [0.15, 0.2) is 36.4 Å². The molecule has 2 aromatic rings. The normalized spacial score (nSPS) is 11.9. The van der Waals surface area contributed by atoms with Gasteiger partial charge >= 0.3 is 0 Å². The van der Waals surface area contributed by atoms with Crippen molar-refractivity contribution in [2.24, 2.45) is 5.73 Å². The van der Waals surface area contributed by atoms with Gasteiger partial charge in [-0.1, -0.05) is 24.3 Å². The van der Waals surface area contributed by atoms with E-state index in [4.69, 9.17) is 5.73 Å². The molecule has 0 amide bonds. The summed E-state index contributed by atoms with van der Waals surface area (Å²) in [5.41, 5.74) is 6.57. The number of nitrogens with two attached hydrogens (primary N) is 1. The minimum atomic E-state index is -0.306. The van der Waals surface area contributed by atoms with Gasteiger partial charge in [0.05, 0.1) is 0 Å². The molecule has 0 aliphatic heterocycles. The van der Waals surface area contributed by atoms with E-state index >= 15 is 0 Å². The van der Waals surface area contributed by atoms with Gasteiger partial charge in [-0.2, -0.15) is 0 Å². The van der Waals surface area contributed by atoms with Gasteiger partial charge < -0.3 is 10.8 Å². The average molecular weight is 215 g/mol. The Morgan fingerprint density at radius 1 is 1.12 bits per heavy atom. The summed E-state index contributed by atoms with van der Waals surface area (Å²) >= 11 is 0. The van der Waals surface area contributed by atoms with Gasteiger partial charge in [-0.3, -0.25) is 0 Å². The summed E-state index contributed by atoms with van der Waals surface area (Å²) in [5, 5.41) is 12.1. The third kappa shape index (κ3) is 2.34. The molecule has 0 aliphatic rings. The lowest BCUT2D eigenvalue weighted by Gasteiger charge is -2.19. The minimum absolute atomic E-state index is 0.306. The molecular formula is C14H17NO. The summed E-state index contributed by atoms with van der Waals surface area (Å²) < 4.78 is 0. The Labute approximate surface area is 95.7 Å². The number of hydrogen-bond acceptors (Lipinski definition) is 2. The van der Waals surface area contributed by atoms with Crippen LogP contribution in [-0.2, 0) is 6.42 Å². The quantitative estimate of drug-likeness (QED) is 0.809. The van der Waals surface area contributed by atoms with E-state index in [1.165, 1.54) is 0 Å². The molecule has 0 fully saturated rings.